The lowest BCUT2D eigenvalue weighted by molar-refractivity contribution is 0.669. The molecule has 0 spiro atoms. The van der Waals surface area contributed by atoms with E-state index in [1.165, 1.54) is 38.3 Å². The Kier molecular flexibility index (Phi) is 3.14. The van der Waals surface area contributed by atoms with Gasteiger partial charge in [0.1, 0.15) is 11.2 Å². The monoisotopic (exact) mass is 422 g/mol. The standard InChI is InChI=1S/C30H18N2O/c1-2-8-18(9-3-1)32-25-12-6-4-11-20(25)30-26(32)15-14-23-29(30)22-17-28-21(16-24(22)31-23)19-10-5-7-13-27(19)33-28/h1-17,31H. The van der Waals surface area contributed by atoms with Crippen LogP contribution in [0.15, 0.2) is 108 Å². The Balaban J connectivity index is 1.59. The van der Waals surface area contributed by atoms with Gasteiger partial charge in [-0.1, -0.05) is 54.6 Å². The summed E-state index contributed by atoms with van der Waals surface area (Å²) < 4.78 is 8.60. The lowest BCUT2D eigenvalue weighted by Crippen LogP contribution is -1.92. The molecule has 3 heteroatoms. The largest absolute Gasteiger partial charge is 0.456 e. The number of H-pyrrole nitrogens is 1. The molecule has 0 radical (unpaired) electrons. The van der Waals surface area contributed by atoms with E-state index in [1.807, 2.05) is 12.1 Å². The summed E-state index contributed by atoms with van der Waals surface area (Å²) in [4.78, 5) is 3.68. The van der Waals surface area contributed by atoms with Gasteiger partial charge in [0, 0.05) is 49.0 Å². The van der Waals surface area contributed by atoms with E-state index < -0.39 is 0 Å². The minimum atomic E-state index is 0.924. The molecule has 0 aliphatic carbocycles. The van der Waals surface area contributed by atoms with E-state index in [4.69, 9.17) is 4.42 Å². The van der Waals surface area contributed by atoms with Crippen LogP contribution in [-0.4, -0.2) is 9.55 Å². The van der Waals surface area contributed by atoms with Gasteiger partial charge in [-0.15, -0.1) is 0 Å². The first-order valence-electron chi connectivity index (χ1n) is 11.2. The van der Waals surface area contributed by atoms with Crippen LogP contribution in [0.2, 0.25) is 0 Å². The fourth-order valence-electron chi connectivity index (χ4n) is 5.53. The molecule has 154 valence electrons. The second-order valence-electron chi connectivity index (χ2n) is 8.69. The molecule has 0 aliphatic heterocycles. The van der Waals surface area contributed by atoms with Crippen molar-refractivity contribution in [2.75, 3.05) is 0 Å². The van der Waals surface area contributed by atoms with Crippen molar-refractivity contribution < 1.29 is 4.42 Å². The predicted molar refractivity (Wildman–Crippen MR) is 137 cm³/mol. The molecule has 3 heterocycles. The van der Waals surface area contributed by atoms with Gasteiger partial charge in [-0.2, -0.15) is 0 Å². The minimum absolute atomic E-state index is 0.924. The quantitative estimate of drug-likeness (QED) is 0.283. The van der Waals surface area contributed by atoms with Crippen LogP contribution in [-0.2, 0) is 0 Å². The lowest BCUT2D eigenvalue weighted by atomic mass is 10.0. The van der Waals surface area contributed by atoms with Crippen molar-refractivity contribution in [3.63, 3.8) is 0 Å². The number of hydrogen-bond donors (Lipinski definition) is 1. The van der Waals surface area contributed by atoms with Crippen LogP contribution in [0.25, 0.3) is 71.2 Å². The van der Waals surface area contributed by atoms with Crippen LogP contribution in [0.5, 0.6) is 0 Å². The number of hydrogen-bond acceptors (Lipinski definition) is 1. The molecule has 0 aliphatic rings. The van der Waals surface area contributed by atoms with Crippen molar-refractivity contribution in [1.82, 2.24) is 9.55 Å². The fraction of sp³-hybridized carbons (Fsp3) is 0. The molecule has 0 bridgehead atoms. The summed E-state index contributed by atoms with van der Waals surface area (Å²) in [6.07, 6.45) is 0. The van der Waals surface area contributed by atoms with Gasteiger partial charge >= 0.3 is 0 Å². The maximum Gasteiger partial charge on any atom is 0.136 e. The van der Waals surface area contributed by atoms with Gasteiger partial charge in [0.15, 0.2) is 0 Å². The van der Waals surface area contributed by atoms with Gasteiger partial charge in [0.2, 0.25) is 0 Å². The Morgan fingerprint density at radius 2 is 1.30 bits per heavy atom. The second kappa shape index (κ2) is 6.05. The molecule has 8 aromatic rings. The van der Waals surface area contributed by atoms with Gasteiger partial charge < -0.3 is 14.0 Å². The van der Waals surface area contributed by atoms with Crippen LogP contribution < -0.4 is 0 Å². The molecule has 33 heavy (non-hydrogen) atoms. The van der Waals surface area contributed by atoms with Crippen molar-refractivity contribution >= 4 is 65.6 Å². The van der Waals surface area contributed by atoms with E-state index in [0.29, 0.717) is 0 Å². The number of benzene rings is 5. The normalized spacial score (nSPS) is 12.2. The summed E-state index contributed by atoms with van der Waals surface area (Å²) in [5, 5.41) is 7.27. The van der Waals surface area contributed by atoms with Gasteiger partial charge in [-0.3, -0.25) is 0 Å². The Bertz CT molecular complexity index is 2020. The number of rotatable bonds is 1. The van der Waals surface area contributed by atoms with E-state index in [9.17, 15) is 0 Å². The zero-order valence-electron chi connectivity index (χ0n) is 17.7. The lowest BCUT2D eigenvalue weighted by Gasteiger charge is -2.07. The molecule has 0 unspecified atom stereocenters. The molecule has 0 saturated heterocycles. The van der Waals surface area contributed by atoms with Crippen LogP contribution >= 0.6 is 0 Å². The topological polar surface area (TPSA) is 33.9 Å². The molecule has 0 atom stereocenters. The zero-order valence-corrected chi connectivity index (χ0v) is 17.7. The van der Waals surface area contributed by atoms with E-state index in [-0.39, 0.29) is 0 Å². The zero-order chi connectivity index (χ0) is 21.5. The molecule has 1 N–H and O–H groups in total. The summed E-state index contributed by atoms with van der Waals surface area (Å²) >= 11 is 0. The van der Waals surface area contributed by atoms with E-state index in [2.05, 4.69) is 101 Å². The highest BCUT2D eigenvalue weighted by Gasteiger charge is 2.18. The molecule has 0 amide bonds. The van der Waals surface area contributed by atoms with Gasteiger partial charge in [-0.05, 0) is 48.5 Å². The van der Waals surface area contributed by atoms with Crippen LogP contribution in [0, 0.1) is 0 Å². The van der Waals surface area contributed by atoms with E-state index >= 15 is 0 Å². The number of furan rings is 1. The summed E-state index contributed by atoms with van der Waals surface area (Å²) in [6, 6.07) is 36.4. The smallest absolute Gasteiger partial charge is 0.136 e. The Morgan fingerprint density at radius 3 is 2.21 bits per heavy atom. The maximum atomic E-state index is 6.23. The summed E-state index contributed by atoms with van der Waals surface area (Å²) in [7, 11) is 0. The highest BCUT2D eigenvalue weighted by atomic mass is 16.3. The molecule has 8 rings (SSSR count). The predicted octanol–water partition coefficient (Wildman–Crippen LogP) is 8.32. The summed E-state index contributed by atoms with van der Waals surface area (Å²) in [5.41, 5.74) is 7.72. The third-order valence-electron chi connectivity index (χ3n) is 6.91. The van der Waals surface area contributed by atoms with Gasteiger partial charge in [0.05, 0.1) is 11.0 Å². The molecule has 3 nitrogen and oxygen atoms in total. The van der Waals surface area contributed by atoms with Crippen molar-refractivity contribution in [1.29, 1.82) is 0 Å². The van der Waals surface area contributed by atoms with Crippen LogP contribution in [0.1, 0.15) is 0 Å². The Morgan fingerprint density at radius 1 is 0.515 bits per heavy atom. The molecular formula is C30H18N2O. The molecular weight excluding hydrogens is 404 g/mol. The van der Waals surface area contributed by atoms with Gasteiger partial charge in [-0.25, -0.2) is 0 Å². The van der Waals surface area contributed by atoms with Crippen LogP contribution in [0.4, 0.5) is 0 Å². The number of aromatic nitrogens is 2. The number of aromatic amines is 1. The number of nitrogens with one attached hydrogen (secondary N) is 1. The minimum Gasteiger partial charge on any atom is -0.456 e. The molecule has 3 aromatic heterocycles. The first-order chi connectivity index (χ1) is 16.4. The summed E-state index contributed by atoms with van der Waals surface area (Å²) in [5.74, 6) is 0. The molecule has 0 fully saturated rings. The first-order valence-corrected chi connectivity index (χ1v) is 11.2. The average Bonchev–Trinajstić information content (AvgIpc) is 3.51. The van der Waals surface area contributed by atoms with E-state index in [0.717, 1.165) is 33.0 Å². The van der Waals surface area contributed by atoms with Crippen molar-refractivity contribution in [2.45, 2.75) is 0 Å². The second-order valence-corrected chi connectivity index (χ2v) is 8.69. The molecule has 0 saturated carbocycles. The first kappa shape index (κ1) is 17.1. The number of nitrogens with zero attached hydrogens (tertiary/aromatic N) is 1. The third kappa shape index (κ3) is 2.18. The SMILES string of the molecule is c1ccc(-n2c3ccccc3c3c4c(ccc32)[nH]c2cc3c(cc24)oc2ccccc23)cc1. The van der Waals surface area contributed by atoms with Crippen molar-refractivity contribution in [3.8, 4) is 5.69 Å². The Labute approximate surface area is 188 Å². The third-order valence-corrected chi connectivity index (χ3v) is 6.91. The van der Waals surface area contributed by atoms with Crippen molar-refractivity contribution in [3.05, 3.63) is 103 Å². The highest BCUT2D eigenvalue weighted by molar-refractivity contribution is 6.29. The number of fused-ring (bicyclic) bond motifs is 10. The summed E-state index contributed by atoms with van der Waals surface area (Å²) in [6.45, 7) is 0. The van der Waals surface area contributed by atoms with E-state index in [1.54, 1.807) is 0 Å². The molecule has 5 aromatic carbocycles. The fourth-order valence-corrected chi connectivity index (χ4v) is 5.53. The highest BCUT2D eigenvalue weighted by Crippen LogP contribution is 2.41. The number of para-hydroxylation sites is 3. The average molecular weight is 422 g/mol. The maximum absolute atomic E-state index is 6.23. The van der Waals surface area contributed by atoms with Gasteiger partial charge in [0.25, 0.3) is 0 Å². The Hall–Kier alpha value is -4.50. The van der Waals surface area contributed by atoms with Crippen LogP contribution in [0.3, 0.4) is 0 Å². The van der Waals surface area contributed by atoms with Crippen molar-refractivity contribution in [2.24, 2.45) is 0 Å².